The van der Waals surface area contributed by atoms with Crippen LogP contribution in [-0.4, -0.2) is 38.0 Å². The van der Waals surface area contributed by atoms with Crippen LogP contribution in [-0.2, 0) is 16.1 Å². The van der Waals surface area contributed by atoms with Crippen molar-refractivity contribution in [3.05, 3.63) is 58.1 Å². The summed E-state index contributed by atoms with van der Waals surface area (Å²) in [6.45, 7) is 1.67. The highest BCUT2D eigenvalue weighted by Crippen LogP contribution is 2.29. The molecule has 3 aromatic rings. The van der Waals surface area contributed by atoms with Gasteiger partial charge in [0.1, 0.15) is 12.1 Å². The maximum Gasteiger partial charge on any atom is 0.243 e. The topological polar surface area (TPSA) is 72.6 Å². The molecule has 26 heavy (non-hydrogen) atoms. The number of halogens is 2. The summed E-state index contributed by atoms with van der Waals surface area (Å²) in [7, 11) is 0. The number of ether oxygens (including phenoxy) is 1. The van der Waals surface area contributed by atoms with Gasteiger partial charge in [-0.2, -0.15) is 5.01 Å². The number of amides is 1. The predicted molar refractivity (Wildman–Crippen MR) is 97.9 cm³/mol. The maximum absolute atomic E-state index is 12.0. The minimum absolute atomic E-state index is 0.199. The molecule has 0 bridgehead atoms. The number of para-hydroxylation sites is 1. The molecule has 1 aliphatic rings. The lowest BCUT2D eigenvalue weighted by molar-refractivity contribution is -0.135. The van der Waals surface area contributed by atoms with Gasteiger partial charge >= 0.3 is 0 Å². The van der Waals surface area contributed by atoms with Crippen molar-refractivity contribution in [1.82, 2.24) is 20.0 Å². The molecule has 0 radical (unpaired) electrons. The molecule has 1 aliphatic heterocycles. The largest absolute Gasteiger partial charge is 0.448 e. The average molecular weight is 390 g/mol. The summed E-state index contributed by atoms with van der Waals surface area (Å²) in [6.07, 6.45) is -0.681. The maximum atomic E-state index is 12.0. The highest BCUT2D eigenvalue weighted by Gasteiger charge is 2.34. The number of nitrogens with zero attached hydrogens (tertiary/aromatic N) is 5. The summed E-state index contributed by atoms with van der Waals surface area (Å²) in [5, 5.41) is 14.6. The van der Waals surface area contributed by atoms with E-state index in [2.05, 4.69) is 15.4 Å². The van der Waals surface area contributed by atoms with E-state index in [9.17, 15) is 4.79 Å². The first-order valence-corrected chi connectivity index (χ1v) is 8.58. The zero-order valence-corrected chi connectivity index (χ0v) is 15.1. The lowest BCUT2D eigenvalue weighted by atomic mass is 10.2. The van der Waals surface area contributed by atoms with Gasteiger partial charge in [0, 0.05) is 6.92 Å². The van der Waals surface area contributed by atoms with Gasteiger partial charge in [0.25, 0.3) is 0 Å². The second kappa shape index (κ2) is 6.59. The lowest BCUT2D eigenvalue weighted by Crippen LogP contribution is -2.35. The van der Waals surface area contributed by atoms with Crippen molar-refractivity contribution in [3.8, 4) is 0 Å². The minimum Gasteiger partial charge on any atom is -0.448 e. The smallest absolute Gasteiger partial charge is 0.243 e. The Balaban J connectivity index is 1.67. The first-order chi connectivity index (χ1) is 12.5. The number of benzene rings is 2. The number of aromatic nitrogens is 3. The molecular weight excluding hydrogens is 377 g/mol. The predicted octanol–water partition coefficient (Wildman–Crippen LogP) is 3.30. The minimum atomic E-state index is -0.681. The van der Waals surface area contributed by atoms with E-state index in [4.69, 9.17) is 27.9 Å². The molecule has 0 fully saturated rings. The highest BCUT2D eigenvalue weighted by atomic mass is 35.5. The number of fused-ring (bicyclic) bond motifs is 1. The van der Waals surface area contributed by atoms with E-state index in [1.807, 2.05) is 24.3 Å². The van der Waals surface area contributed by atoms with E-state index in [1.165, 1.54) is 11.9 Å². The molecule has 4 rings (SSSR count). The number of hydrogen-bond donors (Lipinski definition) is 0. The van der Waals surface area contributed by atoms with Crippen LogP contribution < -0.4 is 0 Å². The van der Waals surface area contributed by atoms with Gasteiger partial charge in [-0.3, -0.25) is 4.79 Å². The molecule has 0 N–H and O–H groups in total. The van der Waals surface area contributed by atoms with Crippen LogP contribution >= 0.6 is 23.2 Å². The first-order valence-electron chi connectivity index (χ1n) is 7.82. The van der Waals surface area contributed by atoms with Crippen molar-refractivity contribution in [2.75, 3.05) is 0 Å². The van der Waals surface area contributed by atoms with Gasteiger partial charge in [-0.25, -0.2) is 4.68 Å². The fraction of sp³-hybridized carbons (Fsp3) is 0.176. The molecule has 7 nitrogen and oxygen atoms in total. The van der Waals surface area contributed by atoms with Crippen LogP contribution in [0.5, 0.6) is 0 Å². The molecule has 0 unspecified atom stereocenters. The molecule has 9 heteroatoms. The fourth-order valence-corrected chi connectivity index (χ4v) is 3.32. The van der Waals surface area contributed by atoms with E-state index in [0.717, 1.165) is 11.0 Å². The first kappa shape index (κ1) is 16.8. The number of hydrazone groups is 1. The van der Waals surface area contributed by atoms with Crippen molar-refractivity contribution < 1.29 is 9.53 Å². The molecule has 2 heterocycles. The summed E-state index contributed by atoms with van der Waals surface area (Å²) in [6, 6.07) is 12.6. The summed E-state index contributed by atoms with van der Waals surface area (Å²) >= 11 is 12.5. The van der Waals surface area contributed by atoms with Gasteiger partial charge in [-0.05, 0) is 24.3 Å². The second-order valence-corrected chi connectivity index (χ2v) is 6.51. The average Bonchev–Trinajstić information content (AvgIpc) is 3.20. The molecule has 1 aromatic heterocycles. The Morgan fingerprint density at radius 3 is 2.62 bits per heavy atom. The van der Waals surface area contributed by atoms with E-state index >= 15 is 0 Å². The summed E-state index contributed by atoms with van der Waals surface area (Å²) in [4.78, 5) is 12.0. The second-order valence-electron chi connectivity index (χ2n) is 5.70. The van der Waals surface area contributed by atoms with Gasteiger partial charge in [0.2, 0.25) is 18.0 Å². The van der Waals surface area contributed by atoms with E-state index in [-0.39, 0.29) is 18.3 Å². The normalized spacial score (nSPS) is 16.7. The number of carbonyl (C=O) groups is 1. The fourth-order valence-electron chi connectivity index (χ4n) is 2.76. The number of rotatable bonds is 3. The van der Waals surface area contributed by atoms with Crippen molar-refractivity contribution >= 4 is 46.0 Å². The van der Waals surface area contributed by atoms with Crippen molar-refractivity contribution in [1.29, 1.82) is 0 Å². The molecule has 0 saturated carbocycles. The third-order valence-corrected chi connectivity index (χ3v) is 4.60. The third kappa shape index (κ3) is 2.89. The Labute approximate surface area is 158 Å². The van der Waals surface area contributed by atoms with E-state index in [1.54, 1.807) is 22.9 Å². The van der Waals surface area contributed by atoms with E-state index < -0.39 is 6.23 Å². The van der Waals surface area contributed by atoms with Crippen LogP contribution in [0.3, 0.4) is 0 Å². The van der Waals surface area contributed by atoms with Crippen molar-refractivity contribution in [2.24, 2.45) is 5.10 Å². The monoisotopic (exact) mass is 389 g/mol. The molecule has 0 saturated heterocycles. The van der Waals surface area contributed by atoms with Gasteiger partial charge in [-0.15, -0.1) is 10.2 Å². The SMILES string of the molecule is CC(=O)N1N=C(c2c(Cl)cccc2Cl)O[C@H]1Cn1nnc2ccccc21. The zero-order valence-electron chi connectivity index (χ0n) is 13.6. The molecule has 1 atom stereocenters. The Morgan fingerprint density at radius 1 is 1.15 bits per heavy atom. The molecule has 132 valence electrons. The Morgan fingerprint density at radius 2 is 1.88 bits per heavy atom. The van der Waals surface area contributed by atoms with Crippen molar-refractivity contribution in [3.63, 3.8) is 0 Å². The Kier molecular flexibility index (Phi) is 4.26. The van der Waals surface area contributed by atoms with Gasteiger partial charge < -0.3 is 4.74 Å². The Bertz CT molecular complexity index is 1010. The summed E-state index contributed by atoms with van der Waals surface area (Å²) < 4.78 is 7.57. The summed E-state index contributed by atoms with van der Waals surface area (Å²) in [5.74, 6) is -0.0668. The van der Waals surface area contributed by atoms with E-state index in [0.29, 0.717) is 15.6 Å². The quantitative estimate of drug-likeness (QED) is 0.688. The van der Waals surface area contributed by atoms with Crippen LogP contribution in [0.4, 0.5) is 0 Å². The van der Waals surface area contributed by atoms with Crippen LogP contribution in [0.2, 0.25) is 10.0 Å². The van der Waals surface area contributed by atoms with Crippen LogP contribution in [0, 0.1) is 0 Å². The Hall–Kier alpha value is -2.64. The molecule has 0 aliphatic carbocycles. The van der Waals surface area contributed by atoms with Gasteiger partial charge in [0.05, 0.1) is 21.1 Å². The van der Waals surface area contributed by atoms with Crippen LogP contribution in [0.1, 0.15) is 12.5 Å². The summed E-state index contributed by atoms with van der Waals surface area (Å²) in [5.41, 5.74) is 2.05. The number of carbonyl (C=O) groups excluding carboxylic acids is 1. The van der Waals surface area contributed by atoms with Crippen molar-refractivity contribution in [2.45, 2.75) is 19.7 Å². The van der Waals surface area contributed by atoms with Gasteiger partial charge in [-0.1, -0.05) is 46.6 Å². The van der Waals surface area contributed by atoms with Crippen LogP contribution in [0.25, 0.3) is 11.0 Å². The molecule has 0 spiro atoms. The van der Waals surface area contributed by atoms with Crippen LogP contribution in [0.15, 0.2) is 47.6 Å². The lowest BCUT2D eigenvalue weighted by Gasteiger charge is -2.19. The third-order valence-electron chi connectivity index (χ3n) is 3.97. The number of hydrogen-bond acceptors (Lipinski definition) is 5. The standard InChI is InChI=1S/C17H13Cl2N5O2/c1-10(25)24-15(9-23-14-8-3-2-7-13(14)20-22-23)26-17(21-24)16-11(18)5-4-6-12(16)19/h2-8,15H,9H2,1H3/t15-/m0/s1. The zero-order chi connectivity index (χ0) is 18.3. The molecule has 2 aromatic carbocycles. The van der Waals surface area contributed by atoms with Gasteiger partial charge in [0.15, 0.2) is 0 Å². The molecular formula is C17H13Cl2N5O2. The molecule has 1 amide bonds. The highest BCUT2D eigenvalue weighted by molar-refractivity contribution is 6.39.